The number of ether oxygens (including phenoxy) is 1. The number of piperazine rings is 1. The van der Waals surface area contributed by atoms with Gasteiger partial charge in [-0.25, -0.2) is 9.97 Å². The molecule has 1 saturated heterocycles. The van der Waals surface area contributed by atoms with Crippen molar-refractivity contribution >= 4 is 44.3 Å². The summed E-state index contributed by atoms with van der Waals surface area (Å²) in [7, 11) is 2.08. The van der Waals surface area contributed by atoms with Crippen LogP contribution < -0.4 is 15.4 Å². The second-order valence-electron chi connectivity index (χ2n) is 11.0. The lowest BCUT2D eigenvalue weighted by Gasteiger charge is -2.31. The number of carbonyl (C=O) groups is 2. The van der Waals surface area contributed by atoms with Crippen LogP contribution in [-0.2, 0) is 10.2 Å². The first kappa shape index (κ1) is 29.1. The standard InChI is InChI=1S/C31H33N7O3S/c1-20-8-9-23(33-28(40)21-6-5-7-22(16-21)31(2,3)19-32)17-25(20)41-27-11-10-24-29(36-27)42-30(34-24)35-26(39)18-38-14-12-37(4)13-15-38/h5-11,16-17H,12-15,18H2,1-4H3,(H,33,40)(H,34,35,39). The van der Waals surface area contributed by atoms with E-state index in [1.807, 2.05) is 32.9 Å². The number of anilines is 2. The molecule has 0 aliphatic carbocycles. The molecule has 1 aliphatic rings. The zero-order valence-corrected chi connectivity index (χ0v) is 24.9. The zero-order valence-electron chi connectivity index (χ0n) is 24.1. The van der Waals surface area contributed by atoms with Crippen LogP contribution in [0.5, 0.6) is 11.6 Å². The maximum absolute atomic E-state index is 13.0. The van der Waals surface area contributed by atoms with Crippen LogP contribution in [0.3, 0.4) is 0 Å². The number of pyridine rings is 1. The summed E-state index contributed by atoms with van der Waals surface area (Å²) in [6, 6.07) is 18.3. The molecule has 2 amide bonds. The van der Waals surface area contributed by atoms with Crippen LogP contribution in [-0.4, -0.2) is 71.4 Å². The van der Waals surface area contributed by atoms with Crippen molar-refractivity contribution < 1.29 is 14.3 Å². The summed E-state index contributed by atoms with van der Waals surface area (Å²) in [5.74, 6) is 0.542. The number of nitrogens with zero attached hydrogens (tertiary/aromatic N) is 5. The highest BCUT2D eigenvalue weighted by Gasteiger charge is 2.21. The fourth-order valence-electron chi connectivity index (χ4n) is 4.50. The molecular weight excluding hydrogens is 550 g/mol. The Morgan fingerprint density at radius 2 is 1.83 bits per heavy atom. The van der Waals surface area contributed by atoms with Crippen molar-refractivity contribution in [2.45, 2.75) is 26.2 Å². The fourth-order valence-corrected chi connectivity index (χ4v) is 5.34. The minimum Gasteiger partial charge on any atom is -0.439 e. The molecule has 2 aromatic heterocycles. The Balaban J connectivity index is 1.25. The van der Waals surface area contributed by atoms with Crippen molar-refractivity contribution in [3.63, 3.8) is 0 Å². The lowest BCUT2D eigenvalue weighted by Crippen LogP contribution is -2.47. The van der Waals surface area contributed by atoms with Crippen molar-refractivity contribution in [2.24, 2.45) is 0 Å². The second kappa shape index (κ2) is 12.2. The molecule has 0 radical (unpaired) electrons. The number of hydrogen-bond donors (Lipinski definition) is 2. The average Bonchev–Trinajstić information content (AvgIpc) is 3.37. The lowest BCUT2D eigenvalue weighted by molar-refractivity contribution is -0.117. The molecule has 2 aromatic carbocycles. The van der Waals surface area contributed by atoms with Gasteiger partial charge in [0.1, 0.15) is 16.1 Å². The molecule has 3 heterocycles. The van der Waals surface area contributed by atoms with Gasteiger partial charge in [0, 0.05) is 49.6 Å². The van der Waals surface area contributed by atoms with E-state index >= 15 is 0 Å². The van der Waals surface area contributed by atoms with Crippen LogP contribution in [0.4, 0.5) is 10.8 Å². The molecule has 4 aromatic rings. The van der Waals surface area contributed by atoms with E-state index in [2.05, 4.69) is 43.5 Å². The highest BCUT2D eigenvalue weighted by atomic mass is 32.1. The molecule has 42 heavy (non-hydrogen) atoms. The number of nitriles is 1. The molecule has 11 heteroatoms. The van der Waals surface area contributed by atoms with E-state index in [1.165, 1.54) is 11.3 Å². The number of carbonyl (C=O) groups excluding carboxylic acids is 2. The van der Waals surface area contributed by atoms with Crippen LogP contribution in [0.15, 0.2) is 54.6 Å². The van der Waals surface area contributed by atoms with E-state index in [0.29, 0.717) is 44.9 Å². The second-order valence-corrected chi connectivity index (χ2v) is 12.0. The number of nitrogens with one attached hydrogen (secondary N) is 2. The topological polar surface area (TPSA) is 123 Å². The van der Waals surface area contributed by atoms with E-state index < -0.39 is 5.41 Å². The normalized spacial score (nSPS) is 14.4. The molecule has 1 fully saturated rings. The smallest absolute Gasteiger partial charge is 0.255 e. The third-order valence-electron chi connectivity index (χ3n) is 7.23. The van der Waals surface area contributed by atoms with Crippen molar-refractivity contribution in [1.29, 1.82) is 5.26 Å². The average molecular weight is 584 g/mol. The third-order valence-corrected chi connectivity index (χ3v) is 8.11. The van der Waals surface area contributed by atoms with Gasteiger partial charge in [0.05, 0.1) is 18.0 Å². The van der Waals surface area contributed by atoms with Crippen molar-refractivity contribution in [3.8, 4) is 17.7 Å². The quantitative estimate of drug-likeness (QED) is 0.296. The molecule has 1 aliphatic heterocycles. The Kier molecular flexibility index (Phi) is 8.49. The van der Waals surface area contributed by atoms with Gasteiger partial charge >= 0.3 is 0 Å². The van der Waals surface area contributed by atoms with Gasteiger partial charge in [0.25, 0.3) is 5.91 Å². The molecule has 0 spiro atoms. The van der Waals surface area contributed by atoms with E-state index in [0.717, 1.165) is 37.3 Å². The van der Waals surface area contributed by atoms with Gasteiger partial charge in [-0.1, -0.05) is 29.5 Å². The highest BCUT2D eigenvalue weighted by molar-refractivity contribution is 7.21. The largest absolute Gasteiger partial charge is 0.439 e. The van der Waals surface area contributed by atoms with Crippen LogP contribution in [0.2, 0.25) is 0 Å². The molecule has 10 nitrogen and oxygen atoms in total. The maximum atomic E-state index is 13.0. The van der Waals surface area contributed by atoms with E-state index in [4.69, 9.17) is 4.74 Å². The predicted molar refractivity (Wildman–Crippen MR) is 164 cm³/mol. The molecule has 216 valence electrons. The van der Waals surface area contributed by atoms with Crippen LogP contribution >= 0.6 is 11.3 Å². The fraction of sp³-hybridized carbons (Fsp3) is 0.323. The number of benzene rings is 2. The summed E-state index contributed by atoms with van der Waals surface area (Å²) in [6.07, 6.45) is 0. The predicted octanol–water partition coefficient (Wildman–Crippen LogP) is 5.03. The number of aryl methyl sites for hydroxylation is 1. The van der Waals surface area contributed by atoms with Crippen molar-refractivity contribution in [1.82, 2.24) is 19.8 Å². The van der Waals surface area contributed by atoms with E-state index in [1.54, 1.807) is 42.5 Å². The van der Waals surface area contributed by atoms with Gasteiger partial charge < -0.3 is 20.3 Å². The van der Waals surface area contributed by atoms with Crippen LogP contribution in [0.1, 0.15) is 35.3 Å². The van der Waals surface area contributed by atoms with E-state index in [-0.39, 0.29) is 11.8 Å². The van der Waals surface area contributed by atoms with Gasteiger partial charge in [-0.2, -0.15) is 5.26 Å². The summed E-state index contributed by atoms with van der Waals surface area (Å²) in [4.78, 5) is 39.7. The van der Waals surface area contributed by atoms with Crippen molar-refractivity contribution in [2.75, 3.05) is 50.4 Å². The summed E-state index contributed by atoms with van der Waals surface area (Å²) < 4.78 is 6.11. The van der Waals surface area contributed by atoms with Crippen LogP contribution in [0.25, 0.3) is 10.3 Å². The maximum Gasteiger partial charge on any atom is 0.255 e. The summed E-state index contributed by atoms with van der Waals surface area (Å²) >= 11 is 1.29. The Bertz CT molecular complexity index is 1670. The summed E-state index contributed by atoms with van der Waals surface area (Å²) in [5, 5.41) is 15.8. The molecule has 5 rings (SSSR count). The summed E-state index contributed by atoms with van der Waals surface area (Å²) in [6.45, 7) is 9.51. The number of hydrogen-bond acceptors (Lipinski definition) is 9. The minimum atomic E-state index is -0.704. The van der Waals surface area contributed by atoms with Gasteiger partial charge in [0.15, 0.2) is 5.13 Å². The Labute approximate surface area is 248 Å². The van der Waals surface area contributed by atoms with Crippen LogP contribution in [0, 0.1) is 18.3 Å². The number of fused-ring (bicyclic) bond motifs is 1. The van der Waals surface area contributed by atoms with Gasteiger partial charge in [0.2, 0.25) is 11.8 Å². The molecule has 2 N–H and O–H groups in total. The Morgan fingerprint density at radius 1 is 1.05 bits per heavy atom. The van der Waals surface area contributed by atoms with Gasteiger partial charge in [-0.15, -0.1) is 0 Å². The van der Waals surface area contributed by atoms with Gasteiger partial charge in [-0.3, -0.25) is 14.5 Å². The number of likely N-dealkylation sites (N-methyl/N-ethyl adjacent to an activating group) is 1. The molecule has 0 saturated carbocycles. The first-order chi connectivity index (χ1) is 20.1. The van der Waals surface area contributed by atoms with E-state index in [9.17, 15) is 14.9 Å². The number of rotatable bonds is 8. The van der Waals surface area contributed by atoms with Gasteiger partial charge in [-0.05, 0) is 63.2 Å². The SMILES string of the molecule is Cc1ccc(NC(=O)c2cccc(C(C)(C)C#N)c2)cc1Oc1ccc2nc(NC(=O)CN3CCN(C)CC3)sc2n1. The zero-order chi connectivity index (χ0) is 29.9. The first-order valence-electron chi connectivity index (χ1n) is 13.7. The number of thiazole rings is 1. The molecule has 0 atom stereocenters. The third kappa shape index (κ3) is 6.91. The molecule has 0 unspecified atom stereocenters. The lowest BCUT2D eigenvalue weighted by atomic mass is 9.85. The minimum absolute atomic E-state index is 0.0925. The number of aromatic nitrogens is 2. The highest BCUT2D eigenvalue weighted by Crippen LogP contribution is 2.31. The monoisotopic (exact) mass is 583 g/mol. The van der Waals surface area contributed by atoms with Crippen molar-refractivity contribution in [3.05, 3.63) is 71.3 Å². The molecular formula is C31H33N7O3S. The first-order valence-corrected chi connectivity index (χ1v) is 14.5. The Morgan fingerprint density at radius 3 is 2.60 bits per heavy atom. The Hall–Kier alpha value is -4.37. The molecule has 0 bridgehead atoms. The summed E-state index contributed by atoms with van der Waals surface area (Å²) in [5.41, 5.74) is 2.63. The number of amides is 2.